The SMILES string of the molecule is COc1ccnc(C)c1-c1cc2cc(NC=O)ncc2n1C. The summed E-state index contributed by atoms with van der Waals surface area (Å²) in [4.78, 5) is 19.1. The van der Waals surface area contributed by atoms with Gasteiger partial charge in [-0.15, -0.1) is 0 Å². The van der Waals surface area contributed by atoms with Gasteiger partial charge in [-0.1, -0.05) is 0 Å². The van der Waals surface area contributed by atoms with Crippen molar-refractivity contribution in [3.05, 3.63) is 36.3 Å². The number of fused-ring (bicyclic) bond motifs is 1. The predicted molar refractivity (Wildman–Crippen MR) is 84.9 cm³/mol. The second-order valence-corrected chi connectivity index (χ2v) is 4.95. The van der Waals surface area contributed by atoms with E-state index in [9.17, 15) is 4.79 Å². The van der Waals surface area contributed by atoms with Gasteiger partial charge in [0.2, 0.25) is 6.41 Å². The van der Waals surface area contributed by atoms with Gasteiger partial charge in [-0.2, -0.15) is 0 Å². The van der Waals surface area contributed by atoms with Crippen LogP contribution in [0.3, 0.4) is 0 Å². The van der Waals surface area contributed by atoms with Gasteiger partial charge >= 0.3 is 0 Å². The summed E-state index contributed by atoms with van der Waals surface area (Å²) < 4.78 is 7.51. The molecule has 0 spiro atoms. The van der Waals surface area contributed by atoms with E-state index in [0.29, 0.717) is 12.2 Å². The first-order chi connectivity index (χ1) is 10.7. The molecule has 3 heterocycles. The van der Waals surface area contributed by atoms with Crippen molar-refractivity contribution in [2.24, 2.45) is 7.05 Å². The Morgan fingerprint density at radius 3 is 2.86 bits per heavy atom. The highest BCUT2D eigenvalue weighted by Gasteiger charge is 2.15. The Bertz CT molecular complexity index is 855. The van der Waals surface area contributed by atoms with Gasteiger partial charge in [-0.3, -0.25) is 9.78 Å². The number of carbonyl (C=O) groups is 1. The Hall–Kier alpha value is -2.89. The fourth-order valence-electron chi connectivity index (χ4n) is 2.64. The molecule has 0 atom stereocenters. The number of ether oxygens (including phenoxy) is 1. The van der Waals surface area contributed by atoms with Crippen LogP contribution in [-0.2, 0) is 11.8 Å². The molecule has 0 aliphatic carbocycles. The standard InChI is InChI=1S/C16H16N4O2/c1-10-16(14(22-3)4-5-17-10)12-6-11-7-15(19-9-21)18-8-13(11)20(12)2/h4-9H,1-3H3,(H,18,19,21). The molecule has 0 saturated heterocycles. The van der Waals surface area contributed by atoms with Crippen molar-refractivity contribution >= 4 is 23.1 Å². The van der Waals surface area contributed by atoms with Crippen LogP contribution in [0.2, 0.25) is 0 Å². The number of rotatable bonds is 4. The summed E-state index contributed by atoms with van der Waals surface area (Å²) in [7, 11) is 3.62. The van der Waals surface area contributed by atoms with E-state index in [-0.39, 0.29) is 0 Å². The second kappa shape index (κ2) is 5.48. The van der Waals surface area contributed by atoms with Crippen molar-refractivity contribution in [3.63, 3.8) is 0 Å². The van der Waals surface area contributed by atoms with Crippen molar-refractivity contribution in [1.82, 2.24) is 14.5 Å². The maximum absolute atomic E-state index is 10.6. The quantitative estimate of drug-likeness (QED) is 0.751. The maximum Gasteiger partial charge on any atom is 0.212 e. The Kier molecular flexibility index (Phi) is 3.50. The normalized spacial score (nSPS) is 10.7. The molecular formula is C16H16N4O2. The number of anilines is 1. The van der Waals surface area contributed by atoms with E-state index in [4.69, 9.17) is 4.74 Å². The van der Waals surface area contributed by atoms with Gasteiger partial charge in [0.15, 0.2) is 0 Å². The molecule has 6 nitrogen and oxygen atoms in total. The molecule has 22 heavy (non-hydrogen) atoms. The number of amides is 1. The van der Waals surface area contributed by atoms with E-state index >= 15 is 0 Å². The molecule has 0 fully saturated rings. The smallest absolute Gasteiger partial charge is 0.212 e. The summed E-state index contributed by atoms with van der Waals surface area (Å²) in [5.74, 6) is 1.30. The van der Waals surface area contributed by atoms with E-state index in [0.717, 1.165) is 33.6 Å². The Morgan fingerprint density at radius 1 is 1.32 bits per heavy atom. The molecule has 0 aromatic carbocycles. The van der Waals surface area contributed by atoms with E-state index in [2.05, 4.69) is 15.3 Å². The van der Waals surface area contributed by atoms with E-state index in [1.54, 1.807) is 19.5 Å². The molecule has 1 amide bonds. The van der Waals surface area contributed by atoms with Crippen LogP contribution >= 0.6 is 0 Å². The van der Waals surface area contributed by atoms with Crippen LogP contribution < -0.4 is 10.1 Å². The number of nitrogens with zero attached hydrogens (tertiary/aromatic N) is 3. The van der Waals surface area contributed by atoms with Crippen molar-refractivity contribution in [2.75, 3.05) is 12.4 Å². The Balaban J connectivity index is 2.24. The summed E-state index contributed by atoms with van der Waals surface area (Å²) in [5, 5.41) is 3.55. The molecule has 3 rings (SSSR count). The zero-order valence-electron chi connectivity index (χ0n) is 12.6. The van der Waals surface area contributed by atoms with Gasteiger partial charge in [0, 0.05) is 18.6 Å². The number of aryl methyl sites for hydroxylation is 2. The molecule has 0 aliphatic heterocycles. The van der Waals surface area contributed by atoms with Crippen LogP contribution in [0.1, 0.15) is 5.69 Å². The molecule has 1 N–H and O–H groups in total. The van der Waals surface area contributed by atoms with Gasteiger partial charge in [0.05, 0.1) is 35.8 Å². The summed E-state index contributed by atoms with van der Waals surface area (Å²) in [6.45, 7) is 1.95. The lowest BCUT2D eigenvalue weighted by atomic mass is 10.1. The molecule has 0 bridgehead atoms. The first kappa shape index (κ1) is 14.1. The number of hydrogen-bond acceptors (Lipinski definition) is 4. The third kappa shape index (κ3) is 2.18. The van der Waals surface area contributed by atoms with Crippen LogP contribution in [0.15, 0.2) is 30.6 Å². The summed E-state index contributed by atoms with van der Waals surface area (Å²) >= 11 is 0. The third-order valence-electron chi connectivity index (χ3n) is 3.71. The summed E-state index contributed by atoms with van der Waals surface area (Å²) in [6.07, 6.45) is 4.09. The average molecular weight is 296 g/mol. The lowest BCUT2D eigenvalue weighted by molar-refractivity contribution is -0.105. The van der Waals surface area contributed by atoms with Crippen molar-refractivity contribution in [3.8, 4) is 17.0 Å². The number of methoxy groups -OCH3 is 1. The monoisotopic (exact) mass is 296 g/mol. The van der Waals surface area contributed by atoms with E-state index in [1.807, 2.05) is 36.7 Å². The molecule has 0 unspecified atom stereocenters. The highest BCUT2D eigenvalue weighted by molar-refractivity contribution is 5.90. The van der Waals surface area contributed by atoms with Crippen LogP contribution in [0, 0.1) is 6.92 Å². The van der Waals surface area contributed by atoms with Gasteiger partial charge in [-0.05, 0) is 25.1 Å². The number of aromatic nitrogens is 3. The van der Waals surface area contributed by atoms with Gasteiger partial charge in [0.25, 0.3) is 0 Å². The van der Waals surface area contributed by atoms with Crippen LogP contribution in [0.4, 0.5) is 5.82 Å². The number of nitrogens with one attached hydrogen (secondary N) is 1. The molecule has 0 saturated carbocycles. The molecule has 0 radical (unpaired) electrons. The fraction of sp³-hybridized carbons (Fsp3) is 0.188. The molecule has 3 aromatic heterocycles. The molecule has 3 aromatic rings. The topological polar surface area (TPSA) is 69.0 Å². The van der Waals surface area contributed by atoms with Crippen molar-refractivity contribution in [1.29, 1.82) is 0 Å². The minimum absolute atomic E-state index is 0.523. The second-order valence-electron chi connectivity index (χ2n) is 4.95. The minimum atomic E-state index is 0.523. The van der Waals surface area contributed by atoms with Crippen molar-refractivity contribution in [2.45, 2.75) is 6.92 Å². The predicted octanol–water partition coefficient (Wildman–Crippen LogP) is 2.52. The summed E-state index contributed by atoms with van der Waals surface area (Å²) in [5.41, 5.74) is 3.80. The number of hydrogen-bond donors (Lipinski definition) is 1. The van der Waals surface area contributed by atoms with Gasteiger partial charge in [0.1, 0.15) is 11.6 Å². The fourth-order valence-corrected chi connectivity index (χ4v) is 2.64. The van der Waals surface area contributed by atoms with E-state index < -0.39 is 0 Å². The number of pyridine rings is 2. The Morgan fingerprint density at radius 2 is 2.14 bits per heavy atom. The largest absolute Gasteiger partial charge is 0.496 e. The lowest BCUT2D eigenvalue weighted by Gasteiger charge is -2.11. The maximum atomic E-state index is 10.6. The summed E-state index contributed by atoms with van der Waals surface area (Å²) in [6, 6.07) is 5.72. The highest BCUT2D eigenvalue weighted by atomic mass is 16.5. The van der Waals surface area contributed by atoms with Crippen LogP contribution in [0.25, 0.3) is 22.2 Å². The number of carbonyl (C=O) groups excluding carboxylic acids is 1. The van der Waals surface area contributed by atoms with Crippen LogP contribution in [-0.4, -0.2) is 28.1 Å². The van der Waals surface area contributed by atoms with Gasteiger partial charge in [-0.25, -0.2) is 4.98 Å². The third-order valence-corrected chi connectivity index (χ3v) is 3.71. The van der Waals surface area contributed by atoms with Crippen molar-refractivity contribution < 1.29 is 9.53 Å². The minimum Gasteiger partial charge on any atom is -0.496 e. The lowest BCUT2D eigenvalue weighted by Crippen LogP contribution is -1.99. The zero-order valence-corrected chi connectivity index (χ0v) is 12.6. The zero-order chi connectivity index (χ0) is 15.7. The first-order valence-corrected chi connectivity index (χ1v) is 6.81. The average Bonchev–Trinajstić information content (AvgIpc) is 2.83. The van der Waals surface area contributed by atoms with Gasteiger partial charge < -0.3 is 14.6 Å². The van der Waals surface area contributed by atoms with E-state index in [1.165, 1.54) is 0 Å². The first-order valence-electron chi connectivity index (χ1n) is 6.81. The molecule has 112 valence electrons. The molecule has 6 heteroatoms. The van der Waals surface area contributed by atoms with Crippen LogP contribution in [0.5, 0.6) is 5.75 Å². The highest BCUT2D eigenvalue weighted by Crippen LogP contribution is 2.35. The molecule has 0 aliphatic rings. The molecular weight excluding hydrogens is 280 g/mol. The Labute approximate surface area is 127 Å².